The van der Waals surface area contributed by atoms with E-state index in [0.29, 0.717) is 12.1 Å². The molecule has 2 amide bonds. The number of hydrogen-bond donors (Lipinski definition) is 11. The van der Waals surface area contributed by atoms with Crippen LogP contribution in [-0.4, -0.2) is 194 Å². The highest BCUT2D eigenvalue weighted by Crippen LogP contribution is 2.22. The zero-order valence-corrected chi connectivity index (χ0v) is 37.5. The Morgan fingerprint density at radius 3 is 1.75 bits per heavy atom. The Kier molecular flexibility index (Phi) is 23.2. The second kappa shape index (κ2) is 27.6. The smallest absolute Gasteiger partial charge is 0.280 e. The van der Waals surface area contributed by atoms with E-state index < -0.39 is 68.0 Å². The number of nitrogen functional groups attached to an aromatic ring is 2. The van der Waals surface area contributed by atoms with Gasteiger partial charge in [0, 0.05) is 73.8 Å². The molecule has 8 atom stereocenters. The number of hydrogen-bond acceptors (Lipinski definition) is 18. The number of anilines is 2. The van der Waals surface area contributed by atoms with Crippen molar-refractivity contribution in [2.24, 2.45) is 4.99 Å². The van der Waals surface area contributed by atoms with E-state index in [2.05, 4.69) is 30.9 Å². The van der Waals surface area contributed by atoms with Gasteiger partial charge in [0.15, 0.2) is 28.4 Å². The number of aliphatic hydroxyl groups excluding tert-OH is 6. The molecule has 0 aliphatic heterocycles. The van der Waals surface area contributed by atoms with Gasteiger partial charge in [0.2, 0.25) is 0 Å². The molecule has 356 valence electrons. The minimum atomic E-state index is -1.41. The number of unbranched alkanes of at least 4 members (excludes halogenated alkanes) is 1. The van der Waals surface area contributed by atoms with Crippen molar-refractivity contribution in [3.8, 4) is 11.1 Å². The number of aromatic nitrogens is 2. The second-order valence-corrected chi connectivity index (χ2v) is 15.1. The summed E-state index contributed by atoms with van der Waals surface area (Å²) in [7, 11) is 6.68. The van der Waals surface area contributed by atoms with Gasteiger partial charge in [0.05, 0.1) is 25.4 Å². The lowest BCUT2D eigenvalue weighted by Crippen LogP contribution is -2.55. The van der Waals surface area contributed by atoms with E-state index in [-0.39, 0.29) is 60.5 Å². The average Bonchev–Trinajstić information content (AvgIpc) is 3.28. The van der Waals surface area contributed by atoms with Gasteiger partial charge in [-0.1, -0.05) is 48.0 Å². The first-order chi connectivity index (χ1) is 30.7. The Labute approximate surface area is 377 Å². The lowest BCUT2D eigenvalue weighted by molar-refractivity contribution is -0.150. The fraction of sp³-hybridized carbons (Fsp3) is 0.548. The summed E-state index contributed by atoms with van der Waals surface area (Å²) in [6, 6.07) is 15.2. The van der Waals surface area contributed by atoms with Crippen LogP contribution in [0.3, 0.4) is 0 Å². The van der Waals surface area contributed by atoms with E-state index >= 15 is 0 Å². The number of ether oxygens (including phenoxy) is 4. The molecule has 0 spiro atoms. The predicted molar refractivity (Wildman–Crippen MR) is 240 cm³/mol. The third-order valence-corrected chi connectivity index (χ3v) is 10.8. The highest BCUT2D eigenvalue weighted by Gasteiger charge is 2.37. The Balaban J connectivity index is 1.55. The van der Waals surface area contributed by atoms with Crippen molar-refractivity contribution in [3.63, 3.8) is 0 Å². The highest BCUT2D eigenvalue weighted by molar-refractivity contribution is 6.31. The molecular formula is C42H64ClN9O12. The van der Waals surface area contributed by atoms with Crippen molar-refractivity contribution in [1.29, 1.82) is 0 Å². The number of carbonyl (C=O) groups is 2. The molecule has 0 aliphatic rings. The number of aliphatic hydroxyl groups is 6. The quantitative estimate of drug-likeness (QED) is 0.0243. The van der Waals surface area contributed by atoms with Crippen LogP contribution < -0.4 is 27.4 Å². The van der Waals surface area contributed by atoms with E-state index in [1.807, 2.05) is 36.4 Å². The van der Waals surface area contributed by atoms with Crippen LogP contribution in [0.2, 0.25) is 5.15 Å². The van der Waals surface area contributed by atoms with Gasteiger partial charge in [0.1, 0.15) is 36.6 Å². The summed E-state index contributed by atoms with van der Waals surface area (Å²) in [6.45, 7) is -0.714. The van der Waals surface area contributed by atoms with E-state index in [1.54, 1.807) is 17.0 Å². The van der Waals surface area contributed by atoms with Crippen LogP contribution >= 0.6 is 11.6 Å². The van der Waals surface area contributed by atoms with Crippen LogP contribution in [-0.2, 0) is 25.4 Å². The number of amides is 2. The number of aliphatic imine (C=N–C) groups is 1. The maximum atomic E-state index is 13.2. The van der Waals surface area contributed by atoms with Crippen LogP contribution in [0.15, 0.2) is 53.5 Å². The first kappa shape index (κ1) is 53.7. The van der Waals surface area contributed by atoms with Gasteiger partial charge in [-0.2, -0.15) is 0 Å². The number of nitrogens with two attached hydrogens (primary N) is 2. The summed E-state index contributed by atoms with van der Waals surface area (Å²) in [4.78, 5) is 39.2. The molecule has 13 N–H and O–H groups in total. The first-order valence-corrected chi connectivity index (χ1v) is 20.9. The van der Waals surface area contributed by atoms with Gasteiger partial charge < -0.3 is 71.7 Å². The van der Waals surface area contributed by atoms with Gasteiger partial charge in [0.25, 0.3) is 11.8 Å². The number of benzene rings is 2. The third kappa shape index (κ3) is 15.8. The van der Waals surface area contributed by atoms with Crippen LogP contribution in [0, 0.1) is 0 Å². The van der Waals surface area contributed by atoms with Gasteiger partial charge in [-0.25, -0.2) is 9.97 Å². The molecule has 0 unspecified atom stereocenters. The number of aryl methyl sites for hydroxylation is 1. The zero-order valence-electron chi connectivity index (χ0n) is 36.8. The normalized spacial score (nSPS) is 15.7. The van der Waals surface area contributed by atoms with E-state index in [9.17, 15) is 40.2 Å². The lowest BCUT2D eigenvalue weighted by Gasteiger charge is -2.36. The summed E-state index contributed by atoms with van der Waals surface area (Å²) in [5.41, 5.74) is 14.6. The fourth-order valence-corrected chi connectivity index (χ4v) is 6.96. The molecule has 0 aliphatic carbocycles. The van der Waals surface area contributed by atoms with E-state index in [0.717, 1.165) is 36.0 Å². The molecule has 3 aromatic rings. The summed E-state index contributed by atoms with van der Waals surface area (Å²) < 4.78 is 20.9. The number of guanidine groups is 1. The van der Waals surface area contributed by atoms with Crippen LogP contribution in [0.25, 0.3) is 11.1 Å². The van der Waals surface area contributed by atoms with Crippen molar-refractivity contribution in [3.05, 3.63) is 70.5 Å². The molecule has 1 heterocycles. The minimum Gasteiger partial charge on any atom is -0.394 e. The Hall–Kier alpha value is -4.62. The summed E-state index contributed by atoms with van der Waals surface area (Å²) in [6.07, 6.45) is -7.58. The van der Waals surface area contributed by atoms with Gasteiger partial charge >= 0.3 is 0 Å². The second-order valence-electron chi connectivity index (χ2n) is 14.8. The molecule has 0 radical (unpaired) electrons. The van der Waals surface area contributed by atoms with Gasteiger partial charge in [-0.15, -0.1) is 0 Å². The van der Waals surface area contributed by atoms with Crippen molar-refractivity contribution < 1.29 is 59.2 Å². The standard InChI is InChI=1S/C42H64ClN9O12/c1-46-42(51-41(60)32-38(44)50-39(45)37(43)49-32)48-17-7-6-8-24-9-11-25(12-10-24)26-13-15-27(16-14-26)40(59)47-18-19-52(20-28(55)35(63-4)33(57)30(22-53)61-2)21-29(56)36(64-5)34(58)31(23-54)62-3/h9-16,28-31,33-36,53-58H,6-8,17-23H2,1-5H3,(H,47,59)(H4,44,45,50)(H2,46,48,51,60)/t28-,29-,30+,31+,33+,34+,35+,36+/m0/s1. The van der Waals surface area contributed by atoms with Gasteiger partial charge in [-0.3, -0.25) is 24.8 Å². The van der Waals surface area contributed by atoms with E-state index in [1.165, 1.54) is 35.5 Å². The maximum absolute atomic E-state index is 13.2. The molecule has 22 heteroatoms. The largest absolute Gasteiger partial charge is 0.394 e. The van der Waals surface area contributed by atoms with Crippen LogP contribution in [0.1, 0.15) is 39.3 Å². The van der Waals surface area contributed by atoms with E-state index in [4.69, 9.17) is 42.0 Å². The number of halogens is 1. The summed E-state index contributed by atoms with van der Waals surface area (Å²) >= 11 is 5.88. The van der Waals surface area contributed by atoms with Crippen LogP contribution in [0.5, 0.6) is 0 Å². The average molecular weight is 922 g/mol. The topological polar surface area (TPSA) is 322 Å². The molecule has 1 aromatic heterocycles. The number of nitrogens with one attached hydrogen (secondary N) is 3. The number of carbonyl (C=O) groups excluding carboxylic acids is 2. The first-order valence-electron chi connectivity index (χ1n) is 20.5. The number of methoxy groups -OCH3 is 4. The molecule has 0 saturated heterocycles. The molecular weight excluding hydrogens is 858 g/mol. The van der Waals surface area contributed by atoms with Crippen molar-refractivity contribution >= 4 is 41.0 Å². The van der Waals surface area contributed by atoms with Crippen molar-refractivity contribution in [2.45, 2.75) is 68.1 Å². The molecule has 0 bridgehead atoms. The predicted octanol–water partition coefficient (Wildman–Crippen LogP) is -1.19. The Morgan fingerprint density at radius 2 is 1.27 bits per heavy atom. The molecule has 3 rings (SSSR count). The van der Waals surface area contributed by atoms with Crippen molar-refractivity contribution in [2.75, 3.05) is 92.9 Å². The minimum absolute atomic E-state index is 0.0714. The molecule has 2 aromatic carbocycles. The summed E-state index contributed by atoms with van der Waals surface area (Å²) in [5, 5.41) is 71.4. The number of nitrogens with zero attached hydrogens (tertiary/aromatic N) is 4. The molecule has 64 heavy (non-hydrogen) atoms. The maximum Gasteiger partial charge on any atom is 0.280 e. The third-order valence-electron chi connectivity index (χ3n) is 10.5. The molecule has 0 fully saturated rings. The monoisotopic (exact) mass is 921 g/mol. The molecule has 21 nitrogen and oxygen atoms in total. The van der Waals surface area contributed by atoms with Gasteiger partial charge in [-0.05, 0) is 48.1 Å². The Bertz CT molecular complexity index is 1860. The highest BCUT2D eigenvalue weighted by atomic mass is 35.5. The van der Waals surface area contributed by atoms with Crippen LogP contribution in [0.4, 0.5) is 11.6 Å². The fourth-order valence-electron chi connectivity index (χ4n) is 6.83. The SMILES string of the molecule is C/N=C(\NCCCCc1ccc(-c2ccc(C(=O)NCCN(C[C@H](O)[C@@H](OC)[C@H](O)[C@@H](CO)OC)C[C@H](O)[C@@H](OC)[C@H](O)[C@@H](CO)OC)cc2)cc1)NC(=O)c1nc(Cl)c(N)nc1N. The summed E-state index contributed by atoms with van der Waals surface area (Å²) in [5.74, 6) is -0.985. The number of rotatable bonds is 27. The zero-order chi connectivity index (χ0) is 47.3. The molecule has 0 saturated carbocycles. The lowest BCUT2D eigenvalue weighted by atomic mass is 10.0. The van der Waals surface area contributed by atoms with Crippen molar-refractivity contribution in [1.82, 2.24) is 30.8 Å². The Morgan fingerprint density at radius 1 is 0.734 bits per heavy atom.